The molecule has 0 aliphatic carbocycles. The van der Waals surface area contributed by atoms with Crippen molar-refractivity contribution in [2.24, 2.45) is 5.92 Å². The molecular formula is C26H20ClF3N2O4. The third-order valence-corrected chi connectivity index (χ3v) is 6.43. The van der Waals surface area contributed by atoms with Crippen LogP contribution in [0.15, 0.2) is 72.8 Å². The van der Waals surface area contributed by atoms with Crippen LogP contribution < -0.4 is 14.7 Å². The standard InChI is InChI=1S/C26H20ClF3N2O4/c1-2-35-20-13-11-18(12-14-20)31-24(33)21-22(15-3-5-16(6-4-15)26(28,29)30)32(36-23(21)25(31)34)19-9-7-17(27)8-10-19/h3-14,21-23H,2H2,1H3/t21-,22+,23-/m1/s1. The molecule has 5 rings (SSSR count). The van der Waals surface area contributed by atoms with Crippen LogP contribution in [0.2, 0.25) is 5.02 Å². The van der Waals surface area contributed by atoms with Gasteiger partial charge in [-0.1, -0.05) is 23.7 Å². The first kappa shape index (κ1) is 24.1. The third-order valence-electron chi connectivity index (χ3n) is 6.18. The molecule has 0 saturated carbocycles. The Hall–Kier alpha value is -3.56. The minimum absolute atomic E-state index is 0.357. The number of imide groups is 1. The van der Waals surface area contributed by atoms with Gasteiger partial charge in [-0.2, -0.15) is 13.2 Å². The summed E-state index contributed by atoms with van der Waals surface area (Å²) in [7, 11) is 0. The zero-order valence-corrected chi connectivity index (χ0v) is 19.7. The summed E-state index contributed by atoms with van der Waals surface area (Å²) in [6.07, 6.45) is -5.65. The number of benzene rings is 3. The maximum Gasteiger partial charge on any atom is 0.416 e. The zero-order chi connectivity index (χ0) is 25.6. The van der Waals surface area contributed by atoms with Gasteiger partial charge in [0.1, 0.15) is 11.7 Å². The van der Waals surface area contributed by atoms with Crippen molar-refractivity contribution in [2.75, 3.05) is 16.6 Å². The van der Waals surface area contributed by atoms with E-state index in [-0.39, 0.29) is 0 Å². The van der Waals surface area contributed by atoms with Gasteiger partial charge in [0.25, 0.3) is 5.91 Å². The molecule has 3 aromatic carbocycles. The Bertz CT molecular complexity index is 1280. The number of carbonyl (C=O) groups is 2. The lowest BCUT2D eigenvalue weighted by Gasteiger charge is -2.29. The molecule has 2 amide bonds. The summed E-state index contributed by atoms with van der Waals surface area (Å²) in [6, 6.07) is 16.7. The second-order valence-electron chi connectivity index (χ2n) is 8.36. The summed E-state index contributed by atoms with van der Waals surface area (Å²) in [5, 5.41) is 1.87. The number of halogens is 4. The van der Waals surface area contributed by atoms with Crippen LogP contribution in [0.4, 0.5) is 24.5 Å². The highest BCUT2D eigenvalue weighted by Gasteiger charge is 2.60. The Labute approximate surface area is 209 Å². The van der Waals surface area contributed by atoms with Crippen LogP contribution >= 0.6 is 11.6 Å². The molecule has 3 aromatic rings. The molecule has 2 fully saturated rings. The van der Waals surface area contributed by atoms with E-state index >= 15 is 0 Å². The molecule has 10 heteroatoms. The molecule has 0 bridgehead atoms. The van der Waals surface area contributed by atoms with E-state index in [9.17, 15) is 22.8 Å². The van der Waals surface area contributed by atoms with Crippen molar-refractivity contribution in [3.8, 4) is 5.75 Å². The number of alkyl halides is 3. The summed E-state index contributed by atoms with van der Waals surface area (Å²) < 4.78 is 44.9. The minimum atomic E-state index is -4.51. The molecule has 186 valence electrons. The van der Waals surface area contributed by atoms with E-state index in [1.54, 1.807) is 48.5 Å². The Morgan fingerprint density at radius 1 is 0.889 bits per heavy atom. The predicted octanol–water partition coefficient (Wildman–Crippen LogP) is 5.81. The number of hydrogen-bond acceptors (Lipinski definition) is 5. The van der Waals surface area contributed by atoms with E-state index in [2.05, 4.69) is 0 Å². The molecule has 0 radical (unpaired) electrons. The number of anilines is 2. The van der Waals surface area contributed by atoms with E-state index in [0.29, 0.717) is 34.3 Å². The van der Waals surface area contributed by atoms with E-state index in [4.69, 9.17) is 21.2 Å². The summed E-state index contributed by atoms with van der Waals surface area (Å²) in [6.45, 7) is 2.31. The molecular weight excluding hydrogens is 497 g/mol. The first-order valence-electron chi connectivity index (χ1n) is 11.2. The van der Waals surface area contributed by atoms with E-state index in [1.165, 1.54) is 17.2 Å². The predicted molar refractivity (Wildman–Crippen MR) is 127 cm³/mol. The SMILES string of the molecule is CCOc1ccc(N2C(=O)[C@H]3[C@@H](ON(c4ccc(Cl)cc4)[C@H]3c3ccc(C(F)(F)F)cc3)C2=O)cc1. The highest BCUT2D eigenvalue weighted by molar-refractivity contribution is 6.30. The van der Waals surface area contributed by atoms with Crippen LogP contribution in [0.25, 0.3) is 0 Å². The number of rotatable bonds is 5. The van der Waals surface area contributed by atoms with Crippen LogP contribution in [0, 0.1) is 5.92 Å². The molecule has 36 heavy (non-hydrogen) atoms. The van der Waals surface area contributed by atoms with Crippen molar-refractivity contribution in [1.82, 2.24) is 0 Å². The first-order chi connectivity index (χ1) is 17.2. The lowest BCUT2D eigenvalue weighted by Crippen LogP contribution is -2.37. The number of fused-ring (bicyclic) bond motifs is 1. The van der Waals surface area contributed by atoms with E-state index < -0.39 is 41.6 Å². The van der Waals surface area contributed by atoms with Gasteiger partial charge in [-0.05, 0) is 73.2 Å². The molecule has 2 aliphatic heterocycles. The van der Waals surface area contributed by atoms with Crippen molar-refractivity contribution >= 4 is 34.8 Å². The number of nitrogens with zero attached hydrogens (tertiary/aromatic N) is 2. The lowest BCUT2D eigenvalue weighted by atomic mass is 9.90. The lowest BCUT2D eigenvalue weighted by molar-refractivity contribution is -0.137. The van der Waals surface area contributed by atoms with Crippen LogP contribution in [0.3, 0.4) is 0 Å². The van der Waals surface area contributed by atoms with Gasteiger partial charge in [0, 0.05) is 5.02 Å². The number of amides is 2. The van der Waals surface area contributed by atoms with Gasteiger partial charge in [-0.25, -0.2) is 9.96 Å². The minimum Gasteiger partial charge on any atom is -0.494 e. The number of ether oxygens (including phenoxy) is 1. The highest BCUT2D eigenvalue weighted by Crippen LogP contribution is 2.48. The second-order valence-corrected chi connectivity index (χ2v) is 8.79. The Balaban J connectivity index is 1.53. The van der Waals surface area contributed by atoms with E-state index in [1.807, 2.05) is 6.92 Å². The van der Waals surface area contributed by atoms with Crippen molar-refractivity contribution in [3.05, 3.63) is 88.9 Å². The van der Waals surface area contributed by atoms with E-state index in [0.717, 1.165) is 17.0 Å². The average Bonchev–Trinajstić information content (AvgIpc) is 3.36. The normalized spacial score (nSPS) is 21.8. The molecule has 2 saturated heterocycles. The molecule has 6 nitrogen and oxygen atoms in total. The summed E-state index contributed by atoms with van der Waals surface area (Å²) in [5.74, 6) is -1.44. The smallest absolute Gasteiger partial charge is 0.416 e. The van der Waals surface area contributed by atoms with Crippen LogP contribution in [-0.4, -0.2) is 24.5 Å². The summed E-state index contributed by atoms with van der Waals surface area (Å²) in [5.41, 5.74) is 0.451. The molecule has 0 N–H and O–H groups in total. The Kier molecular flexibility index (Phi) is 6.13. The van der Waals surface area contributed by atoms with Gasteiger partial charge < -0.3 is 4.74 Å². The quantitative estimate of drug-likeness (QED) is 0.401. The average molecular weight is 517 g/mol. The number of carbonyl (C=O) groups excluding carboxylic acids is 2. The molecule has 2 aliphatic rings. The fourth-order valence-corrected chi connectivity index (χ4v) is 4.67. The van der Waals surface area contributed by atoms with Crippen molar-refractivity contribution in [3.63, 3.8) is 0 Å². The highest BCUT2D eigenvalue weighted by atomic mass is 35.5. The molecule has 0 unspecified atom stereocenters. The third kappa shape index (κ3) is 4.18. The summed E-state index contributed by atoms with van der Waals surface area (Å²) in [4.78, 5) is 34.0. The second kappa shape index (κ2) is 9.15. The monoisotopic (exact) mass is 516 g/mol. The number of hydroxylamine groups is 1. The van der Waals surface area contributed by atoms with Gasteiger partial charge in [0.2, 0.25) is 5.91 Å². The zero-order valence-electron chi connectivity index (χ0n) is 18.9. The largest absolute Gasteiger partial charge is 0.494 e. The molecule has 2 heterocycles. The topological polar surface area (TPSA) is 59.1 Å². The Morgan fingerprint density at radius 3 is 2.08 bits per heavy atom. The van der Waals surface area contributed by atoms with Crippen LogP contribution in [-0.2, 0) is 20.6 Å². The molecule has 3 atom stereocenters. The van der Waals surface area contributed by atoms with Crippen molar-refractivity contribution < 1.29 is 32.3 Å². The van der Waals surface area contributed by atoms with Gasteiger partial charge in [0.15, 0.2) is 6.10 Å². The number of hydrogen-bond donors (Lipinski definition) is 0. The van der Waals surface area contributed by atoms with Crippen molar-refractivity contribution in [1.29, 1.82) is 0 Å². The van der Waals surface area contributed by atoms with Crippen LogP contribution in [0.5, 0.6) is 5.75 Å². The van der Waals surface area contributed by atoms with Gasteiger partial charge in [-0.3, -0.25) is 14.4 Å². The maximum atomic E-state index is 13.6. The van der Waals surface area contributed by atoms with Gasteiger partial charge in [-0.15, -0.1) is 0 Å². The fraction of sp³-hybridized carbons (Fsp3) is 0.231. The Morgan fingerprint density at radius 2 is 1.50 bits per heavy atom. The fourth-order valence-electron chi connectivity index (χ4n) is 4.55. The van der Waals surface area contributed by atoms with Crippen molar-refractivity contribution in [2.45, 2.75) is 25.2 Å². The maximum absolute atomic E-state index is 13.6. The molecule has 0 spiro atoms. The van der Waals surface area contributed by atoms with Gasteiger partial charge in [0.05, 0.1) is 29.6 Å². The summed E-state index contributed by atoms with van der Waals surface area (Å²) >= 11 is 6.00. The van der Waals surface area contributed by atoms with Gasteiger partial charge >= 0.3 is 6.18 Å². The first-order valence-corrected chi connectivity index (χ1v) is 11.6. The molecule has 0 aromatic heterocycles. The van der Waals surface area contributed by atoms with Crippen LogP contribution in [0.1, 0.15) is 24.1 Å².